The fourth-order valence-electron chi connectivity index (χ4n) is 12.5. The minimum Gasteiger partial charge on any atom is -0.488 e. The molecule has 1 unspecified atom stereocenters. The van der Waals surface area contributed by atoms with Gasteiger partial charge in [0, 0.05) is 38.9 Å². The van der Waals surface area contributed by atoms with E-state index in [9.17, 15) is 0 Å². The van der Waals surface area contributed by atoms with Gasteiger partial charge in [0.25, 0.3) is 0 Å². The molecule has 1 aliphatic rings. The van der Waals surface area contributed by atoms with Crippen LogP contribution in [0.4, 0.5) is 17.1 Å². The maximum absolute atomic E-state index is 6.28. The normalized spacial score (nSPS) is 13.5. The predicted molar refractivity (Wildman–Crippen MR) is 341 cm³/mol. The van der Waals surface area contributed by atoms with Crippen molar-refractivity contribution < 1.29 is 4.74 Å². The van der Waals surface area contributed by atoms with E-state index in [0.29, 0.717) is 5.92 Å². The third kappa shape index (κ3) is 10.2. The fraction of sp³-hybridized carbons (Fsp3) is 0.221. The number of hydrogen-bond donors (Lipinski definition) is 0. The molecule has 398 valence electrons. The van der Waals surface area contributed by atoms with Gasteiger partial charge in [0.2, 0.25) is 0 Å². The van der Waals surface area contributed by atoms with Crippen LogP contribution in [0, 0.1) is 10.8 Å². The smallest absolute Gasteiger partial charge is 0.120 e. The SMILES string of the molecule is CC(C)(C)CC(c1ccc(-c2ccc(-c3ccc4c(c3)c3cc(-c5ccc(N(c6ccc(-c7ccccc7)cc6)c6ccc7c(c6)C(C)(C)c6ccccc6-7)cc5)ccc3n4-c3ccc(OC(C)(C)C)cc3)cc2)cc1)C(C)(C)C. The Balaban J connectivity index is 0.912. The summed E-state index contributed by atoms with van der Waals surface area (Å²) in [5.41, 5.74) is 23.1. The Bertz CT molecular complexity index is 4030. The molecule has 11 aromatic rings. The Labute approximate surface area is 475 Å². The summed E-state index contributed by atoms with van der Waals surface area (Å²) in [6.45, 7) is 25.2. The summed E-state index contributed by atoms with van der Waals surface area (Å²) in [6, 6.07) is 85.7. The van der Waals surface area contributed by atoms with E-state index in [-0.39, 0.29) is 21.8 Å². The zero-order valence-corrected chi connectivity index (χ0v) is 48.5. The van der Waals surface area contributed by atoms with Crippen LogP contribution >= 0.6 is 0 Å². The number of nitrogens with zero attached hydrogens (tertiary/aromatic N) is 2. The monoisotopic (exact) mass is 1040 g/mol. The molecule has 3 heteroatoms. The average molecular weight is 1040 g/mol. The Morgan fingerprint density at radius 2 is 0.850 bits per heavy atom. The van der Waals surface area contributed by atoms with Gasteiger partial charge in [-0.1, -0.05) is 201 Å². The van der Waals surface area contributed by atoms with Gasteiger partial charge in [0.05, 0.1) is 11.0 Å². The molecule has 12 rings (SSSR count). The number of fused-ring (bicyclic) bond motifs is 6. The summed E-state index contributed by atoms with van der Waals surface area (Å²) in [6.07, 6.45) is 1.15. The van der Waals surface area contributed by atoms with E-state index < -0.39 is 0 Å². The number of ether oxygens (including phenoxy) is 1. The van der Waals surface area contributed by atoms with Crippen molar-refractivity contribution in [2.45, 2.75) is 99.5 Å². The molecular weight excluding hydrogens is 969 g/mol. The molecule has 0 radical (unpaired) electrons. The highest BCUT2D eigenvalue weighted by Gasteiger charge is 2.36. The lowest BCUT2D eigenvalue weighted by Gasteiger charge is -2.36. The topological polar surface area (TPSA) is 17.4 Å². The second-order valence-corrected chi connectivity index (χ2v) is 26.1. The molecule has 1 aromatic heterocycles. The lowest BCUT2D eigenvalue weighted by atomic mass is 9.69. The van der Waals surface area contributed by atoms with Gasteiger partial charge in [-0.25, -0.2) is 0 Å². The largest absolute Gasteiger partial charge is 0.488 e. The first-order valence-corrected chi connectivity index (χ1v) is 28.6. The molecule has 0 fully saturated rings. The molecule has 3 nitrogen and oxygen atoms in total. The molecule has 80 heavy (non-hydrogen) atoms. The molecule has 1 heterocycles. The maximum Gasteiger partial charge on any atom is 0.120 e. The van der Waals surface area contributed by atoms with Crippen molar-refractivity contribution >= 4 is 38.9 Å². The zero-order chi connectivity index (χ0) is 55.7. The highest BCUT2D eigenvalue weighted by atomic mass is 16.5. The first-order valence-electron chi connectivity index (χ1n) is 28.6. The lowest BCUT2D eigenvalue weighted by Crippen LogP contribution is -2.23. The van der Waals surface area contributed by atoms with Crippen LogP contribution in [0.5, 0.6) is 5.75 Å². The highest BCUT2D eigenvalue weighted by Crippen LogP contribution is 2.51. The molecule has 0 saturated heterocycles. The van der Waals surface area contributed by atoms with Crippen molar-refractivity contribution in [2.24, 2.45) is 10.8 Å². The van der Waals surface area contributed by atoms with Gasteiger partial charge in [-0.05, 0) is 201 Å². The number of benzene rings is 10. The first kappa shape index (κ1) is 52.3. The molecule has 0 saturated carbocycles. The van der Waals surface area contributed by atoms with Gasteiger partial charge in [0.15, 0.2) is 0 Å². The molecular formula is C77H74N2O. The second kappa shape index (κ2) is 20.1. The Kier molecular flexibility index (Phi) is 13.1. The standard InChI is InChI=1S/C77H74N2O/c1-74(2,3)50-71(75(4,5)6)57-27-25-53(26-28-57)52-21-23-55(24-22-52)58-33-45-72-67(47-58)68-48-59(34-46-73(68)79(72)62-39-42-64(43-40-62)80-76(7,8)9)56-31-37-61(38-32-56)78(60-35-29-54(30-36-60)51-17-13-12-14-18-51)63-41-44-66-65-19-15-16-20-69(65)77(10,11)70(66)49-63/h12-49,71H,50H2,1-11H3. The van der Waals surface area contributed by atoms with Crippen LogP contribution in [0.25, 0.3) is 83.1 Å². The van der Waals surface area contributed by atoms with Crippen LogP contribution in [-0.4, -0.2) is 10.2 Å². The molecule has 0 amide bonds. The predicted octanol–water partition coefficient (Wildman–Crippen LogP) is 22.0. The van der Waals surface area contributed by atoms with Gasteiger partial charge < -0.3 is 14.2 Å². The van der Waals surface area contributed by atoms with Crippen molar-refractivity contribution in [2.75, 3.05) is 4.90 Å². The van der Waals surface area contributed by atoms with Crippen LogP contribution < -0.4 is 9.64 Å². The van der Waals surface area contributed by atoms with E-state index in [2.05, 4.69) is 316 Å². The third-order valence-corrected chi connectivity index (χ3v) is 16.5. The molecule has 1 atom stereocenters. The van der Waals surface area contributed by atoms with E-state index in [1.54, 1.807) is 0 Å². The van der Waals surface area contributed by atoms with Crippen LogP contribution in [0.3, 0.4) is 0 Å². The van der Waals surface area contributed by atoms with E-state index in [1.807, 2.05) is 0 Å². The van der Waals surface area contributed by atoms with Crippen LogP contribution in [0.1, 0.15) is 105 Å². The van der Waals surface area contributed by atoms with E-state index in [4.69, 9.17) is 4.74 Å². The molecule has 10 aromatic carbocycles. The summed E-state index contributed by atoms with van der Waals surface area (Å²) in [7, 11) is 0. The molecule has 0 N–H and O–H groups in total. The highest BCUT2D eigenvalue weighted by molar-refractivity contribution is 6.11. The number of anilines is 3. The van der Waals surface area contributed by atoms with Gasteiger partial charge >= 0.3 is 0 Å². The molecule has 0 aliphatic heterocycles. The number of hydrogen-bond acceptors (Lipinski definition) is 2. The van der Waals surface area contributed by atoms with Crippen LogP contribution in [-0.2, 0) is 5.41 Å². The van der Waals surface area contributed by atoms with E-state index >= 15 is 0 Å². The first-order chi connectivity index (χ1) is 38.3. The number of rotatable bonds is 11. The molecule has 0 bridgehead atoms. The zero-order valence-electron chi connectivity index (χ0n) is 48.5. The Morgan fingerprint density at radius 1 is 0.412 bits per heavy atom. The van der Waals surface area contributed by atoms with Crippen molar-refractivity contribution in [3.8, 4) is 67.1 Å². The summed E-state index contributed by atoms with van der Waals surface area (Å²) >= 11 is 0. The third-order valence-electron chi connectivity index (χ3n) is 16.5. The fourth-order valence-corrected chi connectivity index (χ4v) is 12.5. The lowest BCUT2D eigenvalue weighted by molar-refractivity contribution is 0.131. The van der Waals surface area contributed by atoms with Crippen LogP contribution in [0.15, 0.2) is 231 Å². The van der Waals surface area contributed by atoms with Crippen molar-refractivity contribution in [3.05, 3.63) is 247 Å². The van der Waals surface area contributed by atoms with E-state index in [1.165, 1.54) is 77.5 Å². The molecule has 0 spiro atoms. The Morgan fingerprint density at radius 3 is 1.36 bits per heavy atom. The summed E-state index contributed by atoms with van der Waals surface area (Å²) in [5.74, 6) is 1.34. The minimum atomic E-state index is -0.289. The van der Waals surface area contributed by atoms with E-state index in [0.717, 1.165) is 51.5 Å². The van der Waals surface area contributed by atoms with Gasteiger partial charge in [-0.15, -0.1) is 0 Å². The van der Waals surface area contributed by atoms with Gasteiger partial charge in [-0.2, -0.15) is 0 Å². The molecule has 1 aliphatic carbocycles. The maximum atomic E-state index is 6.28. The second-order valence-electron chi connectivity index (χ2n) is 26.1. The van der Waals surface area contributed by atoms with Crippen molar-refractivity contribution in [1.29, 1.82) is 0 Å². The average Bonchev–Trinajstić information content (AvgIpc) is 3.90. The van der Waals surface area contributed by atoms with Crippen molar-refractivity contribution in [3.63, 3.8) is 0 Å². The summed E-state index contributed by atoms with van der Waals surface area (Å²) in [4.78, 5) is 2.41. The quantitative estimate of drug-likeness (QED) is 0.128. The summed E-state index contributed by atoms with van der Waals surface area (Å²) < 4.78 is 8.68. The van der Waals surface area contributed by atoms with Crippen molar-refractivity contribution in [1.82, 2.24) is 4.57 Å². The number of aromatic nitrogens is 1. The minimum absolute atomic E-state index is 0.123. The Hall–Kier alpha value is -8.40. The van der Waals surface area contributed by atoms with Gasteiger partial charge in [0.1, 0.15) is 11.4 Å². The van der Waals surface area contributed by atoms with Crippen LogP contribution in [0.2, 0.25) is 0 Å². The summed E-state index contributed by atoms with van der Waals surface area (Å²) in [5, 5.41) is 2.41. The van der Waals surface area contributed by atoms with Gasteiger partial charge in [-0.3, -0.25) is 0 Å².